The van der Waals surface area contributed by atoms with Crippen molar-refractivity contribution in [2.24, 2.45) is 17.4 Å². The van der Waals surface area contributed by atoms with E-state index < -0.39 is 0 Å². The Hall–Kier alpha value is -0.580. The van der Waals surface area contributed by atoms with Gasteiger partial charge in [0.25, 0.3) is 0 Å². The molecule has 0 saturated carbocycles. The Bertz CT molecular complexity index is 353. The van der Waals surface area contributed by atoms with Crippen LogP contribution in [0.5, 0.6) is 5.75 Å². The minimum Gasteiger partial charge on any atom is -0.493 e. The van der Waals surface area contributed by atoms with Crippen LogP contribution in [-0.4, -0.2) is 19.7 Å². The Balaban J connectivity index is 2.88. The van der Waals surface area contributed by atoms with E-state index in [9.17, 15) is 0 Å². The fourth-order valence-electron chi connectivity index (χ4n) is 1.85. The third kappa shape index (κ3) is 3.69. The largest absolute Gasteiger partial charge is 0.493 e. The lowest BCUT2D eigenvalue weighted by atomic mass is 9.88. The number of benzene rings is 1. The summed E-state index contributed by atoms with van der Waals surface area (Å²) in [6.07, 6.45) is 0. The van der Waals surface area contributed by atoms with E-state index in [0.717, 1.165) is 10.2 Å². The van der Waals surface area contributed by atoms with Gasteiger partial charge in [0.15, 0.2) is 0 Å². The molecule has 1 atom stereocenters. The molecule has 0 aromatic heterocycles. The molecule has 0 spiro atoms. The predicted octanol–water partition coefficient (Wildman–Crippen LogP) is 2.48. The molecule has 4 heteroatoms. The van der Waals surface area contributed by atoms with E-state index in [1.807, 2.05) is 13.0 Å². The number of rotatable bonds is 6. The SMILES string of the molecule is CCOc1ccc(C(C)C(CN)CN)cc1Br. The quantitative estimate of drug-likeness (QED) is 0.848. The van der Waals surface area contributed by atoms with Gasteiger partial charge < -0.3 is 16.2 Å². The summed E-state index contributed by atoms with van der Waals surface area (Å²) < 4.78 is 6.47. The van der Waals surface area contributed by atoms with Crippen LogP contribution in [0.15, 0.2) is 22.7 Å². The lowest BCUT2D eigenvalue weighted by Gasteiger charge is -2.22. The van der Waals surface area contributed by atoms with Crippen molar-refractivity contribution in [1.29, 1.82) is 0 Å². The van der Waals surface area contributed by atoms with E-state index in [0.29, 0.717) is 31.5 Å². The first-order chi connectivity index (χ1) is 8.13. The van der Waals surface area contributed by atoms with Crippen molar-refractivity contribution in [1.82, 2.24) is 0 Å². The van der Waals surface area contributed by atoms with Gasteiger partial charge in [-0.1, -0.05) is 13.0 Å². The smallest absolute Gasteiger partial charge is 0.133 e. The maximum Gasteiger partial charge on any atom is 0.133 e. The summed E-state index contributed by atoms with van der Waals surface area (Å²) in [7, 11) is 0. The molecule has 17 heavy (non-hydrogen) atoms. The normalized spacial score (nSPS) is 12.8. The highest BCUT2D eigenvalue weighted by atomic mass is 79.9. The minimum atomic E-state index is 0.319. The number of hydrogen-bond donors (Lipinski definition) is 2. The standard InChI is InChI=1S/C13H21BrN2O/c1-3-17-13-5-4-10(6-12(13)14)9(2)11(7-15)8-16/h4-6,9,11H,3,7-8,15-16H2,1-2H3. The van der Waals surface area contributed by atoms with Crippen molar-refractivity contribution in [3.63, 3.8) is 0 Å². The van der Waals surface area contributed by atoms with Crippen LogP contribution in [0.4, 0.5) is 0 Å². The molecule has 1 unspecified atom stereocenters. The van der Waals surface area contributed by atoms with Crippen LogP contribution in [0.1, 0.15) is 25.3 Å². The van der Waals surface area contributed by atoms with Crippen LogP contribution >= 0.6 is 15.9 Å². The molecule has 0 bridgehead atoms. The van der Waals surface area contributed by atoms with Gasteiger partial charge >= 0.3 is 0 Å². The summed E-state index contributed by atoms with van der Waals surface area (Å²) in [5, 5.41) is 0. The highest BCUT2D eigenvalue weighted by molar-refractivity contribution is 9.10. The fourth-order valence-corrected chi connectivity index (χ4v) is 2.36. The highest BCUT2D eigenvalue weighted by Gasteiger charge is 2.17. The minimum absolute atomic E-state index is 0.319. The molecule has 0 radical (unpaired) electrons. The van der Waals surface area contributed by atoms with E-state index >= 15 is 0 Å². The summed E-state index contributed by atoms with van der Waals surface area (Å²) in [5.41, 5.74) is 12.7. The highest BCUT2D eigenvalue weighted by Crippen LogP contribution is 2.31. The van der Waals surface area contributed by atoms with Gasteiger partial charge in [0.2, 0.25) is 0 Å². The Labute approximate surface area is 112 Å². The van der Waals surface area contributed by atoms with Crippen LogP contribution < -0.4 is 16.2 Å². The van der Waals surface area contributed by atoms with Gasteiger partial charge in [-0.2, -0.15) is 0 Å². The van der Waals surface area contributed by atoms with Gasteiger partial charge in [-0.3, -0.25) is 0 Å². The van der Waals surface area contributed by atoms with Crippen molar-refractivity contribution >= 4 is 15.9 Å². The van der Waals surface area contributed by atoms with Crippen molar-refractivity contribution < 1.29 is 4.74 Å². The number of nitrogens with two attached hydrogens (primary N) is 2. The molecule has 0 saturated heterocycles. The van der Waals surface area contributed by atoms with Gasteiger partial charge in [-0.15, -0.1) is 0 Å². The first-order valence-corrected chi connectivity index (χ1v) is 6.75. The second-order valence-electron chi connectivity index (χ2n) is 4.14. The molecule has 4 N–H and O–H groups in total. The molecule has 96 valence electrons. The molecule has 1 aromatic rings. The average Bonchev–Trinajstić information content (AvgIpc) is 2.33. The third-order valence-electron chi connectivity index (χ3n) is 3.09. The van der Waals surface area contributed by atoms with Crippen LogP contribution in [0.3, 0.4) is 0 Å². The maximum absolute atomic E-state index is 5.72. The molecule has 3 nitrogen and oxygen atoms in total. The Morgan fingerprint density at radius 1 is 1.29 bits per heavy atom. The van der Waals surface area contributed by atoms with Crippen molar-refractivity contribution in [3.8, 4) is 5.75 Å². The van der Waals surface area contributed by atoms with Gasteiger partial charge in [0, 0.05) is 0 Å². The van der Waals surface area contributed by atoms with Crippen molar-refractivity contribution in [3.05, 3.63) is 28.2 Å². The molecule has 0 aliphatic carbocycles. The van der Waals surface area contributed by atoms with Gasteiger partial charge in [-0.25, -0.2) is 0 Å². The lowest BCUT2D eigenvalue weighted by Crippen LogP contribution is -2.27. The summed E-state index contributed by atoms with van der Waals surface area (Å²) in [4.78, 5) is 0. The second-order valence-corrected chi connectivity index (χ2v) is 5.00. The summed E-state index contributed by atoms with van der Waals surface area (Å²) in [5.74, 6) is 1.55. The number of hydrogen-bond acceptors (Lipinski definition) is 3. The zero-order chi connectivity index (χ0) is 12.8. The monoisotopic (exact) mass is 300 g/mol. The molecule has 0 aliphatic rings. The maximum atomic E-state index is 5.72. The first-order valence-electron chi connectivity index (χ1n) is 5.96. The van der Waals surface area contributed by atoms with Gasteiger partial charge in [0.1, 0.15) is 5.75 Å². The number of halogens is 1. The molecule has 0 fully saturated rings. The molecule has 0 heterocycles. The summed E-state index contributed by atoms with van der Waals surface area (Å²) in [6, 6.07) is 6.16. The zero-order valence-corrected chi connectivity index (χ0v) is 12.0. The summed E-state index contributed by atoms with van der Waals surface area (Å²) >= 11 is 3.52. The fraction of sp³-hybridized carbons (Fsp3) is 0.538. The first kappa shape index (κ1) is 14.5. The zero-order valence-electron chi connectivity index (χ0n) is 10.4. The van der Waals surface area contributed by atoms with E-state index in [2.05, 4.69) is 35.0 Å². The van der Waals surface area contributed by atoms with E-state index in [1.165, 1.54) is 5.56 Å². The molecule has 1 rings (SSSR count). The van der Waals surface area contributed by atoms with Crippen molar-refractivity contribution in [2.75, 3.05) is 19.7 Å². The molecule has 0 aliphatic heterocycles. The topological polar surface area (TPSA) is 61.3 Å². The third-order valence-corrected chi connectivity index (χ3v) is 3.71. The average molecular weight is 301 g/mol. The van der Waals surface area contributed by atoms with Crippen LogP contribution in [0.25, 0.3) is 0 Å². The van der Waals surface area contributed by atoms with Gasteiger partial charge in [0.05, 0.1) is 11.1 Å². The van der Waals surface area contributed by atoms with E-state index in [-0.39, 0.29) is 0 Å². The summed E-state index contributed by atoms with van der Waals surface area (Å²) in [6.45, 7) is 6.03. The Morgan fingerprint density at radius 3 is 2.41 bits per heavy atom. The van der Waals surface area contributed by atoms with E-state index in [4.69, 9.17) is 16.2 Å². The second kappa shape index (κ2) is 6.99. The molecular weight excluding hydrogens is 280 g/mol. The molecular formula is C13H21BrN2O. The van der Waals surface area contributed by atoms with Crippen LogP contribution in [0, 0.1) is 5.92 Å². The molecule has 1 aromatic carbocycles. The Kier molecular flexibility index (Phi) is 5.95. The van der Waals surface area contributed by atoms with Crippen molar-refractivity contribution in [2.45, 2.75) is 19.8 Å². The predicted molar refractivity (Wildman–Crippen MR) is 75.3 cm³/mol. The lowest BCUT2D eigenvalue weighted by molar-refractivity contribution is 0.338. The van der Waals surface area contributed by atoms with E-state index in [1.54, 1.807) is 0 Å². The Morgan fingerprint density at radius 2 is 1.94 bits per heavy atom. The van der Waals surface area contributed by atoms with Crippen LogP contribution in [-0.2, 0) is 0 Å². The number of ether oxygens (including phenoxy) is 1. The van der Waals surface area contributed by atoms with Gasteiger partial charge in [-0.05, 0) is 65.5 Å². The molecule has 0 amide bonds. The van der Waals surface area contributed by atoms with Crippen LogP contribution in [0.2, 0.25) is 0 Å².